The zero-order valence-electron chi connectivity index (χ0n) is 12.9. The summed E-state index contributed by atoms with van der Waals surface area (Å²) in [6.07, 6.45) is 3.33. The maximum Gasteiger partial charge on any atom is 0.227 e. The fourth-order valence-electron chi connectivity index (χ4n) is 3.42. The van der Waals surface area contributed by atoms with Crippen LogP contribution in [0.1, 0.15) is 60.8 Å². The van der Waals surface area contributed by atoms with Gasteiger partial charge in [0, 0.05) is 12.6 Å². The third-order valence-electron chi connectivity index (χ3n) is 4.02. The molecule has 18 heavy (non-hydrogen) atoms. The summed E-state index contributed by atoms with van der Waals surface area (Å²) in [5, 5.41) is 3.20. The number of nitrogens with one attached hydrogen (secondary N) is 1. The molecule has 0 saturated heterocycles. The summed E-state index contributed by atoms with van der Waals surface area (Å²) in [6, 6.07) is 0.280. The maximum absolute atomic E-state index is 12.2. The van der Waals surface area contributed by atoms with E-state index in [1.165, 1.54) is 6.42 Å². The Morgan fingerprint density at radius 3 is 2.06 bits per heavy atom. The molecule has 1 rings (SSSR count). The Hall–Kier alpha value is -0.570. The van der Waals surface area contributed by atoms with E-state index in [-0.39, 0.29) is 11.9 Å². The molecule has 1 amide bonds. The van der Waals surface area contributed by atoms with E-state index in [4.69, 9.17) is 5.73 Å². The van der Waals surface area contributed by atoms with Gasteiger partial charge in [0.1, 0.15) is 0 Å². The van der Waals surface area contributed by atoms with Crippen LogP contribution in [0.4, 0.5) is 0 Å². The number of rotatable bonds is 3. The van der Waals surface area contributed by atoms with Crippen molar-refractivity contribution in [2.24, 2.45) is 22.0 Å². The molecule has 0 aliphatic heterocycles. The second-order valence-corrected chi connectivity index (χ2v) is 8.17. The summed E-state index contributed by atoms with van der Waals surface area (Å²) < 4.78 is 0. The molecule has 0 unspecified atom stereocenters. The van der Waals surface area contributed by atoms with Gasteiger partial charge in [-0.2, -0.15) is 0 Å². The van der Waals surface area contributed by atoms with Crippen molar-refractivity contribution < 1.29 is 4.79 Å². The van der Waals surface area contributed by atoms with Gasteiger partial charge in [0.05, 0.1) is 5.41 Å². The summed E-state index contributed by atoms with van der Waals surface area (Å²) in [5.41, 5.74) is 5.79. The SMILES string of the molecule is CC1(C)CC(NC(=O)C(C)(C)CN)CC(C)(C)C1. The van der Waals surface area contributed by atoms with Crippen molar-refractivity contribution in [3.63, 3.8) is 0 Å². The Labute approximate surface area is 112 Å². The molecule has 3 heteroatoms. The first-order valence-electron chi connectivity index (χ1n) is 6.99. The minimum absolute atomic E-state index is 0.0866. The molecule has 1 aliphatic rings. The molecule has 0 aromatic carbocycles. The van der Waals surface area contributed by atoms with Crippen LogP contribution in [-0.2, 0) is 4.79 Å². The lowest BCUT2D eigenvalue weighted by Crippen LogP contribution is -2.51. The van der Waals surface area contributed by atoms with Crippen LogP contribution < -0.4 is 11.1 Å². The highest BCUT2D eigenvalue weighted by molar-refractivity contribution is 5.82. The number of hydrogen-bond donors (Lipinski definition) is 2. The smallest absolute Gasteiger partial charge is 0.227 e. The molecule has 1 saturated carbocycles. The molecule has 0 radical (unpaired) electrons. The van der Waals surface area contributed by atoms with Gasteiger partial charge in [0.2, 0.25) is 5.91 Å². The molecule has 0 bridgehead atoms. The summed E-state index contributed by atoms with van der Waals surface area (Å²) in [6.45, 7) is 13.4. The van der Waals surface area contributed by atoms with Crippen LogP contribution in [-0.4, -0.2) is 18.5 Å². The molecule has 0 aromatic heterocycles. The molecule has 3 N–H and O–H groups in total. The van der Waals surface area contributed by atoms with Gasteiger partial charge in [-0.25, -0.2) is 0 Å². The van der Waals surface area contributed by atoms with E-state index < -0.39 is 5.41 Å². The Kier molecular flexibility index (Phi) is 4.16. The molecule has 3 nitrogen and oxygen atoms in total. The molecule has 0 heterocycles. The highest BCUT2D eigenvalue weighted by Crippen LogP contribution is 2.45. The van der Waals surface area contributed by atoms with Crippen LogP contribution in [0.5, 0.6) is 0 Å². The van der Waals surface area contributed by atoms with Crippen LogP contribution in [0.2, 0.25) is 0 Å². The fourth-order valence-corrected chi connectivity index (χ4v) is 3.42. The van der Waals surface area contributed by atoms with Crippen molar-refractivity contribution >= 4 is 5.91 Å². The van der Waals surface area contributed by atoms with Crippen molar-refractivity contribution in [3.05, 3.63) is 0 Å². The van der Waals surface area contributed by atoms with E-state index in [1.807, 2.05) is 13.8 Å². The number of carbonyl (C=O) groups is 1. The summed E-state index contributed by atoms with van der Waals surface area (Å²) in [4.78, 5) is 12.2. The Balaban J connectivity index is 2.71. The van der Waals surface area contributed by atoms with E-state index in [1.54, 1.807) is 0 Å². The van der Waals surface area contributed by atoms with Gasteiger partial charge in [0.15, 0.2) is 0 Å². The number of carbonyl (C=O) groups excluding carboxylic acids is 1. The average Bonchev–Trinajstić information content (AvgIpc) is 2.12. The van der Waals surface area contributed by atoms with Crippen molar-refractivity contribution in [3.8, 4) is 0 Å². The average molecular weight is 254 g/mol. The topological polar surface area (TPSA) is 55.1 Å². The van der Waals surface area contributed by atoms with Crippen LogP contribution in [0.3, 0.4) is 0 Å². The molecule has 1 fully saturated rings. The van der Waals surface area contributed by atoms with Gasteiger partial charge < -0.3 is 11.1 Å². The second kappa shape index (κ2) is 4.84. The molecule has 0 atom stereocenters. The first kappa shape index (κ1) is 15.5. The lowest BCUT2D eigenvalue weighted by atomic mass is 9.63. The second-order valence-electron chi connectivity index (χ2n) is 8.17. The van der Waals surface area contributed by atoms with Gasteiger partial charge >= 0.3 is 0 Å². The maximum atomic E-state index is 12.2. The standard InChI is InChI=1S/C15H30N2O/c1-13(2)7-11(8-14(3,4)9-13)17-12(18)15(5,6)10-16/h11H,7-10,16H2,1-6H3,(H,17,18). The summed E-state index contributed by atoms with van der Waals surface area (Å²) in [7, 11) is 0. The van der Waals surface area contributed by atoms with E-state index in [9.17, 15) is 4.79 Å². The van der Waals surface area contributed by atoms with Crippen molar-refractivity contribution in [2.45, 2.75) is 66.8 Å². The Morgan fingerprint density at radius 2 is 1.67 bits per heavy atom. The first-order valence-corrected chi connectivity index (χ1v) is 6.99. The number of hydrogen-bond acceptors (Lipinski definition) is 2. The first-order chi connectivity index (χ1) is 7.97. The van der Waals surface area contributed by atoms with E-state index in [2.05, 4.69) is 33.0 Å². The zero-order valence-corrected chi connectivity index (χ0v) is 12.9. The Morgan fingerprint density at radius 1 is 1.22 bits per heavy atom. The van der Waals surface area contributed by atoms with Crippen molar-refractivity contribution in [1.29, 1.82) is 0 Å². The lowest BCUT2D eigenvalue weighted by Gasteiger charge is -2.45. The van der Waals surface area contributed by atoms with E-state index >= 15 is 0 Å². The largest absolute Gasteiger partial charge is 0.353 e. The Bertz CT molecular complexity index is 302. The summed E-state index contributed by atoms with van der Waals surface area (Å²) in [5.74, 6) is 0.0866. The van der Waals surface area contributed by atoms with E-state index in [0.29, 0.717) is 17.4 Å². The highest BCUT2D eigenvalue weighted by Gasteiger charge is 2.40. The van der Waals surface area contributed by atoms with Crippen LogP contribution in [0, 0.1) is 16.2 Å². The third kappa shape index (κ3) is 3.98. The van der Waals surface area contributed by atoms with Gasteiger partial charge in [-0.3, -0.25) is 4.79 Å². The molecule has 1 aliphatic carbocycles. The number of nitrogens with two attached hydrogens (primary N) is 1. The van der Waals surface area contributed by atoms with Crippen molar-refractivity contribution in [1.82, 2.24) is 5.32 Å². The van der Waals surface area contributed by atoms with Crippen LogP contribution in [0.15, 0.2) is 0 Å². The molecule has 106 valence electrons. The minimum atomic E-state index is -0.467. The monoisotopic (exact) mass is 254 g/mol. The van der Waals surface area contributed by atoms with Crippen LogP contribution >= 0.6 is 0 Å². The zero-order chi connectivity index (χ0) is 14.2. The fraction of sp³-hybridized carbons (Fsp3) is 0.933. The molecule has 0 aromatic rings. The molecular formula is C15H30N2O. The normalized spacial score (nSPS) is 23.7. The molecule has 0 spiro atoms. The number of amides is 1. The minimum Gasteiger partial charge on any atom is -0.353 e. The third-order valence-corrected chi connectivity index (χ3v) is 4.02. The predicted molar refractivity (Wildman–Crippen MR) is 76.2 cm³/mol. The van der Waals surface area contributed by atoms with E-state index in [0.717, 1.165) is 12.8 Å². The molecular weight excluding hydrogens is 224 g/mol. The van der Waals surface area contributed by atoms with Crippen molar-refractivity contribution in [2.75, 3.05) is 6.54 Å². The quantitative estimate of drug-likeness (QED) is 0.813. The summed E-state index contributed by atoms with van der Waals surface area (Å²) >= 11 is 0. The highest BCUT2D eigenvalue weighted by atomic mass is 16.2. The predicted octanol–water partition coefficient (Wildman–Crippen LogP) is 2.69. The van der Waals surface area contributed by atoms with Gasteiger partial charge in [0.25, 0.3) is 0 Å². The van der Waals surface area contributed by atoms with Gasteiger partial charge in [-0.05, 0) is 43.9 Å². The lowest BCUT2D eigenvalue weighted by molar-refractivity contribution is -0.130. The van der Waals surface area contributed by atoms with Gasteiger partial charge in [-0.15, -0.1) is 0 Å². The van der Waals surface area contributed by atoms with Crippen LogP contribution in [0.25, 0.3) is 0 Å². The van der Waals surface area contributed by atoms with Gasteiger partial charge in [-0.1, -0.05) is 27.7 Å².